The second-order valence-corrected chi connectivity index (χ2v) is 5.99. The first-order chi connectivity index (χ1) is 11.4. The van der Waals surface area contributed by atoms with Crippen LogP contribution in [0.1, 0.15) is 25.8 Å². The number of benzene rings is 1. The molecule has 0 aliphatic rings. The maximum atomic E-state index is 14.5. The van der Waals surface area contributed by atoms with Gasteiger partial charge in [-0.05, 0) is 38.0 Å². The zero-order valence-corrected chi connectivity index (χ0v) is 14.2. The Labute approximate surface area is 142 Å². The molecule has 2 aromatic heterocycles. The lowest BCUT2D eigenvalue weighted by atomic mass is 10.0. The van der Waals surface area contributed by atoms with Crippen LogP contribution >= 0.6 is 11.6 Å². The Hall–Kier alpha value is -2.28. The highest BCUT2D eigenvalue weighted by atomic mass is 35.5. The molecule has 1 unspecified atom stereocenters. The van der Waals surface area contributed by atoms with E-state index in [2.05, 4.69) is 20.4 Å². The van der Waals surface area contributed by atoms with Crippen molar-refractivity contribution in [1.82, 2.24) is 19.6 Å². The Morgan fingerprint density at radius 2 is 2.04 bits per heavy atom. The second-order valence-electron chi connectivity index (χ2n) is 5.63. The average molecular weight is 352 g/mol. The van der Waals surface area contributed by atoms with E-state index in [-0.39, 0.29) is 33.7 Å². The number of nitrogens with zero attached hydrogens (tertiary/aromatic N) is 4. The molecule has 0 aliphatic heterocycles. The molecule has 126 valence electrons. The van der Waals surface area contributed by atoms with Gasteiger partial charge in [-0.3, -0.25) is 0 Å². The fraction of sp³-hybridized carbons (Fsp3) is 0.312. The summed E-state index contributed by atoms with van der Waals surface area (Å²) in [5.74, 6) is -0.388. The molecular formula is C16H16ClF2N5. The van der Waals surface area contributed by atoms with Crippen LogP contribution in [0.2, 0.25) is 5.15 Å². The quantitative estimate of drug-likeness (QED) is 0.714. The molecule has 1 aromatic carbocycles. The van der Waals surface area contributed by atoms with Crippen LogP contribution in [0.15, 0.2) is 18.5 Å². The molecule has 0 amide bonds. The molecule has 0 spiro atoms. The third-order valence-corrected chi connectivity index (χ3v) is 4.17. The van der Waals surface area contributed by atoms with Gasteiger partial charge in [0, 0.05) is 11.6 Å². The Balaban J connectivity index is 2.32. The Bertz CT molecular complexity index is 909. The molecule has 0 saturated heterocycles. The van der Waals surface area contributed by atoms with Crippen molar-refractivity contribution in [3.05, 3.63) is 40.8 Å². The van der Waals surface area contributed by atoms with Gasteiger partial charge in [0.15, 0.2) is 0 Å². The van der Waals surface area contributed by atoms with Gasteiger partial charge in [-0.2, -0.15) is 19.6 Å². The summed E-state index contributed by atoms with van der Waals surface area (Å²) in [6, 6.07) is 2.32. The molecule has 0 bridgehead atoms. The van der Waals surface area contributed by atoms with Crippen molar-refractivity contribution < 1.29 is 8.78 Å². The van der Waals surface area contributed by atoms with Crippen molar-refractivity contribution in [2.45, 2.75) is 33.2 Å². The van der Waals surface area contributed by atoms with Crippen molar-refractivity contribution in [2.75, 3.05) is 5.32 Å². The van der Waals surface area contributed by atoms with Crippen LogP contribution in [0.3, 0.4) is 0 Å². The highest BCUT2D eigenvalue weighted by Crippen LogP contribution is 2.36. The number of aryl methyl sites for hydroxylation is 1. The highest BCUT2D eigenvalue weighted by Gasteiger charge is 2.22. The van der Waals surface area contributed by atoms with E-state index in [1.807, 2.05) is 13.8 Å². The molecule has 8 heteroatoms. The Morgan fingerprint density at radius 1 is 1.29 bits per heavy atom. The minimum absolute atomic E-state index is 0.0267. The molecular weight excluding hydrogens is 336 g/mol. The lowest BCUT2D eigenvalue weighted by molar-refractivity contribution is 0.595. The highest BCUT2D eigenvalue weighted by molar-refractivity contribution is 6.33. The van der Waals surface area contributed by atoms with Crippen LogP contribution in [0.4, 0.5) is 14.6 Å². The number of nitrogens with one attached hydrogen (secondary N) is 1. The van der Waals surface area contributed by atoms with Gasteiger partial charge in [0.2, 0.25) is 0 Å². The van der Waals surface area contributed by atoms with E-state index in [1.165, 1.54) is 17.8 Å². The SMILES string of the molecule is CCC(C)Nc1c(-c2cc(F)c(C)cc2F)c(Cl)nc2ncnn12. The Morgan fingerprint density at radius 3 is 2.75 bits per heavy atom. The van der Waals surface area contributed by atoms with Crippen LogP contribution in [0, 0.1) is 18.6 Å². The van der Waals surface area contributed by atoms with E-state index in [1.54, 1.807) is 0 Å². The van der Waals surface area contributed by atoms with Gasteiger partial charge in [0.1, 0.15) is 28.9 Å². The third-order valence-electron chi connectivity index (χ3n) is 3.90. The predicted octanol–water partition coefficient (Wildman–Crippen LogP) is 4.24. The van der Waals surface area contributed by atoms with Crippen LogP contribution in [0.25, 0.3) is 16.9 Å². The molecule has 0 aliphatic carbocycles. The maximum absolute atomic E-state index is 14.5. The van der Waals surface area contributed by atoms with Crippen LogP contribution in [-0.2, 0) is 0 Å². The van der Waals surface area contributed by atoms with E-state index >= 15 is 0 Å². The molecule has 1 atom stereocenters. The number of hydrogen-bond acceptors (Lipinski definition) is 4. The molecule has 0 radical (unpaired) electrons. The minimum Gasteiger partial charge on any atom is -0.367 e. The van der Waals surface area contributed by atoms with Gasteiger partial charge < -0.3 is 5.32 Å². The lowest BCUT2D eigenvalue weighted by Crippen LogP contribution is -2.18. The molecule has 3 rings (SSSR count). The summed E-state index contributed by atoms with van der Waals surface area (Å²) in [6.45, 7) is 5.47. The molecule has 1 N–H and O–H groups in total. The number of hydrogen-bond donors (Lipinski definition) is 1. The van der Waals surface area contributed by atoms with Gasteiger partial charge in [-0.25, -0.2) is 8.78 Å². The van der Waals surface area contributed by atoms with Crippen LogP contribution < -0.4 is 5.32 Å². The van der Waals surface area contributed by atoms with Gasteiger partial charge in [-0.15, -0.1) is 0 Å². The van der Waals surface area contributed by atoms with Gasteiger partial charge in [0.25, 0.3) is 5.78 Å². The Kier molecular flexibility index (Phi) is 4.36. The number of aromatic nitrogens is 4. The van der Waals surface area contributed by atoms with E-state index in [4.69, 9.17) is 11.6 Å². The third kappa shape index (κ3) is 2.80. The van der Waals surface area contributed by atoms with Gasteiger partial charge in [0.05, 0.1) is 5.56 Å². The van der Waals surface area contributed by atoms with E-state index in [9.17, 15) is 8.78 Å². The molecule has 2 heterocycles. The number of rotatable bonds is 4. The summed E-state index contributed by atoms with van der Waals surface area (Å²) in [5.41, 5.74) is 0.503. The van der Waals surface area contributed by atoms with Gasteiger partial charge >= 0.3 is 0 Å². The average Bonchev–Trinajstić information content (AvgIpc) is 2.99. The maximum Gasteiger partial charge on any atom is 0.255 e. The molecule has 0 fully saturated rings. The van der Waals surface area contributed by atoms with Crippen LogP contribution in [0.5, 0.6) is 0 Å². The standard InChI is InChI=1S/C16H16ClF2N5/c1-4-9(3)22-15-13(10-6-11(18)8(2)5-12(10)19)14(17)23-16-20-7-21-24(15)16/h5-7,9,22H,4H2,1-3H3. The second kappa shape index (κ2) is 6.32. The van der Waals surface area contributed by atoms with E-state index in [0.29, 0.717) is 5.82 Å². The number of halogens is 3. The first-order valence-corrected chi connectivity index (χ1v) is 7.92. The summed E-state index contributed by atoms with van der Waals surface area (Å²) < 4.78 is 29.9. The molecule has 0 saturated carbocycles. The predicted molar refractivity (Wildman–Crippen MR) is 89.3 cm³/mol. The van der Waals surface area contributed by atoms with Crippen molar-refractivity contribution in [3.8, 4) is 11.1 Å². The first kappa shape index (κ1) is 16.6. The summed E-state index contributed by atoms with van der Waals surface area (Å²) in [5, 5.41) is 7.38. The largest absolute Gasteiger partial charge is 0.367 e. The normalized spacial score (nSPS) is 12.6. The minimum atomic E-state index is -0.579. The first-order valence-electron chi connectivity index (χ1n) is 7.54. The number of fused-ring (bicyclic) bond motifs is 1. The van der Waals surface area contributed by atoms with Gasteiger partial charge in [-0.1, -0.05) is 18.5 Å². The summed E-state index contributed by atoms with van der Waals surface area (Å²) in [6.07, 6.45) is 2.15. The smallest absolute Gasteiger partial charge is 0.255 e. The van der Waals surface area contributed by atoms with Crippen molar-refractivity contribution in [1.29, 1.82) is 0 Å². The summed E-state index contributed by atoms with van der Waals surface area (Å²) in [4.78, 5) is 8.14. The number of anilines is 1. The van der Waals surface area contributed by atoms with Crippen molar-refractivity contribution in [2.24, 2.45) is 0 Å². The van der Waals surface area contributed by atoms with E-state index < -0.39 is 11.6 Å². The van der Waals surface area contributed by atoms with E-state index in [0.717, 1.165) is 18.6 Å². The zero-order valence-electron chi connectivity index (χ0n) is 13.4. The molecule has 5 nitrogen and oxygen atoms in total. The molecule has 24 heavy (non-hydrogen) atoms. The zero-order chi connectivity index (χ0) is 17.4. The van der Waals surface area contributed by atoms with Crippen molar-refractivity contribution in [3.63, 3.8) is 0 Å². The fourth-order valence-electron chi connectivity index (χ4n) is 2.36. The van der Waals surface area contributed by atoms with Crippen LogP contribution in [-0.4, -0.2) is 25.6 Å². The monoisotopic (exact) mass is 351 g/mol. The molecule has 3 aromatic rings. The lowest BCUT2D eigenvalue weighted by Gasteiger charge is -2.19. The summed E-state index contributed by atoms with van der Waals surface area (Å²) in [7, 11) is 0. The summed E-state index contributed by atoms with van der Waals surface area (Å²) >= 11 is 6.27. The van der Waals surface area contributed by atoms with Crippen molar-refractivity contribution >= 4 is 23.2 Å². The topological polar surface area (TPSA) is 55.1 Å². The fourth-order valence-corrected chi connectivity index (χ4v) is 2.63.